The number of carboxylic acids is 1. The highest BCUT2D eigenvalue weighted by molar-refractivity contribution is 5.76. The number of hydrogen-bond acceptors (Lipinski definition) is 4. The van der Waals surface area contributed by atoms with Crippen LogP contribution < -0.4 is 5.32 Å². The molecule has 1 heterocycles. The number of rotatable bonds is 5. The van der Waals surface area contributed by atoms with Crippen molar-refractivity contribution in [3.8, 4) is 0 Å². The first-order valence-electron chi connectivity index (χ1n) is 6.41. The molecule has 110 valence electrons. The summed E-state index contributed by atoms with van der Waals surface area (Å²) >= 11 is 0. The number of carboxylic acid groups (broad SMARTS) is 1. The van der Waals surface area contributed by atoms with E-state index in [1.807, 2.05) is 19.0 Å². The van der Waals surface area contributed by atoms with Gasteiger partial charge in [0.05, 0.1) is 12.5 Å². The van der Waals surface area contributed by atoms with Crippen molar-refractivity contribution in [2.75, 3.05) is 27.2 Å². The average molecular weight is 273 g/mol. The summed E-state index contributed by atoms with van der Waals surface area (Å²) in [6.45, 7) is 2.63. The molecule has 1 rings (SSSR count). The maximum Gasteiger partial charge on any atom is 0.318 e. The molecule has 0 bridgehead atoms. The van der Waals surface area contributed by atoms with Crippen molar-refractivity contribution < 1.29 is 19.8 Å². The zero-order valence-corrected chi connectivity index (χ0v) is 11.7. The van der Waals surface area contributed by atoms with E-state index in [9.17, 15) is 14.7 Å². The number of β-amino-alcohol motifs (C(OH)–C–C–N with tert-alkyl or cyclic N) is 1. The summed E-state index contributed by atoms with van der Waals surface area (Å²) in [5, 5.41) is 21.0. The van der Waals surface area contributed by atoms with Gasteiger partial charge in [0.25, 0.3) is 0 Å². The fourth-order valence-corrected chi connectivity index (χ4v) is 2.34. The zero-order chi connectivity index (χ0) is 14.6. The van der Waals surface area contributed by atoms with Crippen LogP contribution in [0.5, 0.6) is 0 Å². The molecule has 0 aliphatic carbocycles. The molecule has 1 aliphatic rings. The third-order valence-electron chi connectivity index (χ3n) is 3.08. The van der Waals surface area contributed by atoms with E-state index in [1.165, 1.54) is 0 Å². The van der Waals surface area contributed by atoms with Crippen LogP contribution in [0.25, 0.3) is 0 Å². The summed E-state index contributed by atoms with van der Waals surface area (Å²) in [6.07, 6.45) is -0.0650. The first-order chi connectivity index (χ1) is 8.79. The summed E-state index contributed by atoms with van der Waals surface area (Å²) in [5.41, 5.74) is 0. The Labute approximate surface area is 113 Å². The zero-order valence-electron chi connectivity index (χ0n) is 11.7. The van der Waals surface area contributed by atoms with Gasteiger partial charge in [0.1, 0.15) is 0 Å². The Morgan fingerprint density at radius 2 is 2.11 bits per heavy atom. The van der Waals surface area contributed by atoms with Gasteiger partial charge >= 0.3 is 12.0 Å². The minimum Gasteiger partial charge on any atom is -0.481 e. The Bertz CT molecular complexity index is 335. The van der Waals surface area contributed by atoms with E-state index >= 15 is 0 Å². The van der Waals surface area contributed by atoms with Crippen molar-refractivity contribution >= 4 is 12.0 Å². The molecule has 19 heavy (non-hydrogen) atoms. The highest BCUT2D eigenvalue weighted by Gasteiger charge is 2.34. The van der Waals surface area contributed by atoms with Crippen molar-refractivity contribution in [2.45, 2.75) is 38.0 Å². The standard InChI is InChI=1S/C12H23N3O4/c1-8(4-11(17)18)13-12(19)15-7-10(16)5-9(15)6-14(2)3/h8-10,16H,4-7H2,1-3H3,(H,13,19)(H,17,18). The van der Waals surface area contributed by atoms with E-state index in [4.69, 9.17) is 5.11 Å². The van der Waals surface area contributed by atoms with Gasteiger partial charge in [0, 0.05) is 25.2 Å². The number of urea groups is 1. The molecule has 1 saturated heterocycles. The number of carbonyl (C=O) groups is 2. The first-order valence-corrected chi connectivity index (χ1v) is 6.41. The van der Waals surface area contributed by atoms with Crippen LogP contribution in [-0.4, -0.2) is 77.4 Å². The Morgan fingerprint density at radius 3 is 2.63 bits per heavy atom. The van der Waals surface area contributed by atoms with Crippen LogP contribution in [-0.2, 0) is 4.79 Å². The molecule has 1 aliphatic heterocycles. The Hall–Kier alpha value is -1.34. The molecule has 3 unspecified atom stereocenters. The number of likely N-dealkylation sites (tertiary alicyclic amines) is 1. The number of aliphatic carboxylic acids is 1. The minimum absolute atomic E-state index is 0.0398. The van der Waals surface area contributed by atoms with Gasteiger partial charge in [-0.2, -0.15) is 0 Å². The van der Waals surface area contributed by atoms with E-state index in [-0.39, 0.29) is 18.5 Å². The number of amides is 2. The number of nitrogens with one attached hydrogen (secondary N) is 1. The molecule has 0 radical (unpaired) electrons. The smallest absolute Gasteiger partial charge is 0.318 e. The minimum atomic E-state index is -0.945. The van der Waals surface area contributed by atoms with Gasteiger partial charge in [-0.1, -0.05) is 0 Å². The van der Waals surface area contributed by atoms with Gasteiger partial charge in [0.15, 0.2) is 0 Å². The van der Waals surface area contributed by atoms with Crippen molar-refractivity contribution in [1.29, 1.82) is 0 Å². The van der Waals surface area contributed by atoms with Crippen LogP contribution >= 0.6 is 0 Å². The van der Waals surface area contributed by atoms with Crippen LogP contribution in [0, 0.1) is 0 Å². The van der Waals surface area contributed by atoms with Crippen molar-refractivity contribution in [2.24, 2.45) is 0 Å². The molecular formula is C12H23N3O4. The van der Waals surface area contributed by atoms with Crippen LogP contribution in [0.1, 0.15) is 19.8 Å². The molecule has 0 spiro atoms. The van der Waals surface area contributed by atoms with E-state index < -0.39 is 18.1 Å². The van der Waals surface area contributed by atoms with Crippen molar-refractivity contribution in [3.63, 3.8) is 0 Å². The van der Waals surface area contributed by atoms with E-state index in [0.717, 1.165) is 0 Å². The fraction of sp³-hybridized carbons (Fsp3) is 0.833. The van der Waals surface area contributed by atoms with Crippen LogP contribution in [0.15, 0.2) is 0 Å². The normalized spacial score (nSPS) is 24.6. The number of likely N-dealkylation sites (N-methyl/N-ethyl adjacent to an activating group) is 1. The molecule has 7 nitrogen and oxygen atoms in total. The van der Waals surface area contributed by atoms with Crippen LogP contribution in [0.2, 0.25) is 0 Å². The molecule has 0 aromatic carbocycles. The number of nitrogens with zero attached hydrogens (tertiary/aromatic N) is 2. The molecule has 2 amide bonds. The average Bonchev–Trinajstić information content (AvgIpc) is 2.56. The van der Waals surface area contributed by atoms with Crippen molar-refractivity contribution in [3.05, 3.63) is 0 Å². The lowest BCUT2D eigenvalue weighted by molar-refractivity contribution is -0.137. The second kappa shape index (κ2) is 6.72. The van der Waals surface area contributed by atoms with E-state index in [0.29, 0.717) is 19.5 Å². The third-order valence-corrected chi connectivity index (χ3v) is 3.08. The summed E-state index contributed by atoms with van der Waals surface area (Å²) in [7, 11) is 3.82. The molecular weight excluding hydrogens is 250 g/mol. The molecule has 3 N–H and O–H groups in total. The summed E-state index contributed by atoms with van der Waals surface area (Å²) in [4.78, 5) is 26.2. The largest absolute Gasteiger partial charge is 0.481 e. The molecule has 0 aromatic rings. The summed E-state index contributed by atoms with van der Waals surface area (Å²) in [6, 6.07) is -0.776. The number of aliphatic hydroxyl groups is 1. The van der Waals surface area contributed by atoms with Crippen LogP contribution in [0.4, 0.5) is 4.79 Å². The van der Waals surface area contributed by atoms with Crippen molar-refractivity contribution in [1.82, 2.24) is 15.1 Å². The fourth-order valence-electron chi connectivity index (χ4n) is 2.34. The highest BCUT2D eigenvalue weighted by Crippen LogP contribution is 2.18. The maximum absolute atomic E-state index is 12.1. The molecule has 1 fully saturated rings. The monoisotopic (exact) mass is 273 g/mol. The Kier molecular flexibility index (Phi) is 5.56. The molecule has 3 atom stereocenters. The second-order valence-electron chi connectivity index (χ2n) is 5.41. The lowest BCUT2D eigenvalue weighted by Crippen LogP contribution is -2.49. The van der Waals surface area contributed by atoms with Gasteiger partial charge in [-0.3, -0.25) is 4.79 Å². The number of carbonyl (C=O) groups excluding carboxylic acids is 1. The third kappa shape index (κ3) is 5.04. The number of aliphatic hydroxyl groups excluding tert-OH is 1. The van der Waals surface area contributed by atoms with Gasteiger partial charge in [0.2, 0.25) is 0 Å². The first kappa shape index (κ1) is 15.7. The quantitative estimate of drug-likeness (QED) is 0.631. The second-order valence-corrected chi connectivity index (χ2v) is 5.41. The van der Waals surface area contributed by atoms with Crippen LogP contribution in [0.3, 0.4) is 0 Å². The Morgan fingerprint density at radius 1 is 1.47 bits per heavy atom. The predicted molar refractivity (Wildman–Crippen MR) is 69.9 cm³/mol. The maximum atomic E-state index is 12.1. The van der Waals surface area contributed by atoms with Gasteiger partial charge in [-0.05, 0) is 27.4 Å². The Balaban J connectivity index is 2.55. The summed E-state index contributed by atoms with van der Waals surface area (Å²) < 4.78 is 0. The lowest BCUT2D eigenvalue weighted by Gasteiger charge is -2.28. The van der Waals surface area contributed by atoms with Gasteiger partial charge < -0.3 is 25.3 Å². The molecule has 0 aromatic heterocycles. The van der Waals surface area contributed by atoms with Gasteiger partial charge in [-0.25, -0.2) is 4.79 Å². The SMILES string of the molecule is CC(CC(=O)O)NC(=O)N1CC(O)CC1CN(C)C. The highest BCUT2D eigenvalue weighted by atomic mass is 16.4. The molecule has 0 saturated carbocycles. The van der Waals surface area contributed by atoms with Gasteiger partial charge in [-0.15, -0.1) is 0 Å². The molecule has 7 heteroatoms. The summed E-state index contributed by atoms with van der Waals surface area (Å²) in [5.74, 6) is -0.945. The number of hydrogen-bond donors (Lipinski definition) is 3. The lowest BCUT2D eigenvalue weighted by atomic mass is 10.2. The van der Waals surface area contributed by atoms with E-state index in [2.05, 4.69) is 5.32 Å². The predicted octanol–water partition coefficient (Wildman–Crippen LogP) is -0.444. The van der Waals surface area contributed by atoms with E-state index in [1.54, 1.807) is 11.8 Å². The topological polar surface area (TPSA) is 93.1 Å².